The van der Waals surface area contributed by atoms with Crippen molar-refractivity contribution in [2.24, 2.45) is 0 Å². The number of aromatic carboxylic acids is 1. The number of halogens is 1. The summed E-state index contributed by atoms with van der Waals surface area (Å²) in [6, 6.07) is 1.40. The van der Waals surface area contributed by atoms with E-state index in [4.69, 9.17) is 16.7 Å². The van der Waals surface area contributed by atoms with Crippen molar-refractivity contribution in [3.63, 3.8) is 0 Å². The van der Waals surface area contributed by atoms with Crippen LogP contribution >= 0.6 is 22.9 Å². The Labute approximate surface area is 106 Å². The van der Waals surface area contributed by atoms with Crippen molar-refractivity contribution in [3.05, 3.63) is 39.4 Å². The van der Waals surface area contributed by atoms with Gasteiger partial charge in [-0.25, -0.2) is 14.8 Å². The molecule has 0 aliphatic carbocycles. The second-order valence-electron chi connectivity index (χ2n) is 3.13. The highest BCUT2D eigenvalue weighted by atomic mass is 35.5. The molecular formula is C10H8ClN3O2S. The van der Waals surface area contributed by atoms with E-state index in [-0.39, 0.29) is 10.6 Å². The molecule has 2 heterocycles. The fraction of sp³-hybridized carbons (Fsp3) is 0.100. The van der Waals surface area contributed by atoms with Crippen LogP contribution in [0.15, 0.2) is 23.8 Å². The molecule has 0 radical (unpaired) electrons. The second kappa shape index (κ2) is 5.11. The molecule has 0 aliphatic heterocycles. The molecule has 88 valence electrons. The molecule has 0 saturated carbocycles. The Balaban J connectivity index is 2.11. The van der Waals surface area contributed by atoms with Crippen molar-refractivity contribution >= 4 is 34.7 Å². The third-order valence-corrected chi connectivity index (χ3v) is 3.07. The first-order valence-corrected chi connectivity index (χ1v) is 5.93. The van der Waals surface area contributed by atoms with Gasteiger partial charge in [-0.05, 0) is 6.07 Å². The maximum absolute atomic E-state index is 10.9. The van der Waals surface area contributed by atoms with E-state index in [0.29, 0.717) is 12.4 Å². The Morgan fingerprint density at radius 2 is 2.35 bits per heavy atom. The number of pyridine rings is 1. The minimum absolute atomic E-state index is 0.0308. The SMILES string of the molecule is O=C(O)c1cc(NCc2nccs2)ncc1Cl. The third kappa shape index (κ3) is 2.92. The molecule has 0 unspecified atom stereocenters. The minimum Gasteiger partial charge on any atom is -0.478 e. The number of carboxylic acid groups (broad SMARTS) is 1. The average molecular weight is 270 g/mol. The number of aromatic nitrogens is 2. The molecule has 7 heteroatoms. The lowest BCUT2D eigenvalue weighted by atomic mass is 10.2. The van der Waals surface area contributed by atoms with Gasteiger partial charge in [-0.15, -0.1) is 11.3 Å². The predicted octanol–water partition coefficient (Wildman–Crippen LogP) is 2.50. The molecule has 2 aromatic heterocycles. The Kier molecular flexibility index (Phi) is 3.55. The van der Waals surface area contributed by atoms with Gasteiger partial charge >= 0.3 is 5.97 Å². The number of nitrogens with zero attached hydrogens (tertiary/aromatic N) is 2. The zero-order valence-corrected chi connectivity index (χ0v) is 10.1. The maximum Gasteiger partial charge on any atom is 0.337 e. The third-order valence-electron chi connectivity index (χ3n) is 1.99. The van der Waals surface area contributed by atoms with Crippen molar-refractivity contribution in [2.75, 3.05) is 5.32 Å². The lowest BCUT2D eigenvalue weighted by Gasteiger charge is -2.05. The number of hydrogen-bond donors (Lipinski definition) is 2. The molecule has 0 fully saturated rings. The fourth-order valence-electron chi connectivity index (χ4n) is 1.21. The molecule has 5 nitrogen and oxygen atoms in total. The van der Waals surface area contributed by atoms with Crippen LogP contribution in [-0.2, 0) is 6.54 Å². The Bertz CT molecular complexity index is 530. The van der Waals surface area contributed by atoms with E-state index in [2.05, 4.69) is 15.3 Å². The summed E-state index contributed by atoms with van der Waals surface area (Å²) in [6.45, 7) is 0.505. The summed E-state index contributed by atoms with van der Waals surface area (Å²) < 4.78 is 0. The van der Waals surface area contributed by atoms with Crippen LogP contribution in [0.1, 0.15) is 15.4 Å². The Hall–Kier alpha value is -1.66. The molecule has 0 spiro atoms. The molecule has 2 aromatic rings. The normalized spacial score (nSPS) is 10.2. The van der Waals surface area contributed by atoms with E-state index >= 15 is 0 Å². The molecular weight excluding hydrogens is 262 g/mol. The smallest absolute Gasteiger partial charge is 0.337 e. The van der Waals surface area contributed by atoms with Crippen LogP contribution in [0.2, 0.25) is 5.02 Å². The molecule has 0 aromatic carbocycles. The average Bonchev–Trinajstić information content (AvgIpc) is 2.80. The van der Waals surface area contributed by atoms with E-state index in [0.717, 1.165) is 5.01 Å². The number of hydrogen-bond acceptors (Lipinski definition) is 5. The number of nitrogens with one attached hydrogen (secondary N) is 1. The number of carbonyl (C=O) groups is 1. The van der Waals surface area contributed by atoms with Crippen LogP contribution in [0.25, 0.3) is 0 Å². The van der Waals surface area contributed by atoms with E-state index < -0.39 is 5.97 Å². The summed E-state index contributed by atoms with van der Waals surface area (Å²) in [5, 5.41) is 14.8. The van der Waals surface area contributed by atoms with Crippen LogP contribution in [0.5, 0.6) is 0 Å². The predicted molar refractivity (Wildman–Crippen MR) is 65.6 cm³/mol. The number of thiazole rings is 1. The highest BCUT2D eigenvalue weighted by molar-refractivity contribution is 7.09. The van der Waals surface area contributed by atoms with E-state index in [1.54, 1.807) is 6.20 Å². The zero-order chi connectivity index (χ0) is 12.3. The summed E-state index contributed by atoms with van der Waals surface area (Å²) in [4.78, 5) is 18.9. The Morgan fingerprint density at radius 1 is 1.53 bits per heavy atom. The van der Waals surface area contributed by atoms with Crippen molar-refractivity contribution in [1.82, 2.24) is 9.97 Å². The lowest BCUT2D eigenvalue weighted by Crippen LogP contribution is -2.04. The summed E-state index contributed by atoms with van der Waals surface area (Å²) in [6.07, 6.45) is 3.02. The van der Waals surface area contributed by atoms with Gasteiger partial charge in [0.25, 0.3) is 0 Å². The molecule has 2 N–H and O–H groups in total. The highest BCUT2D eigenvalue weighted by Gasteiger charge is 2.10. The van der Waals surface area contributed by atoms with E-state index in [1.807, 2.05) is 5.38 Å². The fourth-order valence-corrected chi connectivity index (χ4v) is 1.95. The minimum atomic E-state index is -1.07. The van der Waals surface area contributed by atoms with Gasteiger partial charge in [0.2, 0.25) is 0 Å². The van der Waals surface area contributed by atoms with Crippen LogP contribution in [-0.4, -0.2) is 21.0 Å². The maximum atomic E-state index is 10.9. The molecule has 2 rings (SSSR count). The number of carboxylic acids is 1. The van der Waals surface area contributed by atoms with Gasteiger partial charge in [0.1, 0.15) is 10.8 Å². The van der Waals surface area contributed by atoms with Crippen LogP contribution in [0.4, 0.5) is 5.82 Å². The first-order valence-electron chi connectivity index (χ1n) is 4.68. The Morgan fingerprint density at radius 3 is 3.00 bits per heavy atom. The summed E-state index contributed by atoms with van der Waals surface area (Å²) in [7, 11) is 0. The monoisotopic (exact) mass is 269 g/mol. The van der Waals surface area contributed by atoms with Gasteiger partial charge in [-0.1, -0.05) is 11.6 Å². The van der Waals surface area contributed by atoms with Crippen LogP contribution < -0.4 is 5.32 Å². The molecule has 0 bridgehead atoms. The topological polar surface area (TPSA) is 75.1 Å². The number of rotatable bonds is 4. The molecule has 0 saturated heterocycles. The van der Waals surface area contributed by atoms with Crippen molar-refractivity contribution in [1.29, 1.82) is 0 Å². The first-order chi connectivity index (χ1) is 8.16. The summed E-state index contributed by atoms with van der Waals surface area (Å²) in [5.41, 5.74) is 0.0308. The summed E-state index contributed by atoms with van der Waals surface area (Å²) >= 11 is 7.22. The zero-order valence-electron chi connectivity index (χ0n) is 8.55. The quantitative estimate of drug-likeness (QED) is 0.892. The van der Waals surface area contributed by atoms with Gasteiger partial charge in [0, 0.05) is 17.8 Å². The molecule has 17 heavy (non-hydrogen) atoms. The summed E-state index contributed by atoms with van der Waals surface area (Å²) in [5.74, 6) is -0.614. The number of anilines is 1. The molecule has 0 aliphatic rings. The highest BCUT2D eigenvalue weighted by Crippen LogP contribution is 2.18. The van der Waals surface area contributed by atoms with Gasteiger partial charge < -0.3 is 10.4 Å². The van der Waals surface area contributed by atoms with Crippen molar-refractivity contribution in [2.45, 2.75) is 6.54 Å². The standard InChI is InChI=1S/C10H8ClN3O2S/c11-7-4-13-8(3-6(7)10(15)16)14-5-9-12-1-2-17-9/h1-4H,5H2,(H,13,14)(H,15,16). The van der Waals surface area contributed by atoms with Crippen LogP contribution in [0, 0.1) is 0 Å². The molecule has 0 atom stereocenters. The second-order valence-corrected chi connectivity index (χ2v) is 4.52. The first kappa shape index (κ1) is 11.8. The van der Waals surface area contributed by atoms with Gasteiger partial charge in [0.15, 0.2) is 0 Å². The van der Waals surface area contributed by atoms with Crippen molar-refractivity contribution in [3.8, 4) is 0 Å². The van der Waals surface area contributed by atoms with Crippen molar-refractivity contribution < 1.29 is 9.90 Å². The van der Waals surface area contributed by atoms with E-state index in [9.17, 15) is 4.79 Å². The van der Waals surface area contributed by atoms with E-state index in [1.165, 1.54) is 23.6 Å². The lowest BCUT2D eigenvalue weighted by molar-refractivity contribution is 0.0697. The largest absolute Gasteiger partial charge is 0.478 e. The van der Waals surface area contributed by atoms with Gasteiger partial charge in [-0.2, -0.15) is 0 Å². The van der Waals surface area contributed by atoms with Gasteiger partial charge in [-0.3, -0.25) is 0 Å². The molecule has 0 amide bonds. The van der Waals surface area contributed by atoms with Gasteiger partial charge in [0.05, 0.1) is 17.1 Å². The van der Waals surface area contributed by atoms with Crippen LogP contribution in [0.3, 0.4) is 0 Å².